The second-order valence-electron chi connectivity index (χ2n) is 4.67. The van der Waals surface area contributed by atoms with E-state index in [4.69, 9.17) is 4.74 Å². The summed E-state index contributed by atoms with van der Waals surface area (Å²) >= 11 is 0. The van der Waals surface area contributed by atoms with Crippen molar-refractivity contribution in [2.75, 3.05) is 0 Å². The maximum Gasteiger partial charge on any atom is 0.334 e. The number of carbonyl (C=O) groups excluding carboxylic acids is 1. The molecule has 0 N–H and O–H groups in total. The van der Waals surface area contributed by atoms with Crippen molar-refractivity contribution < 1.29 is 14.5 Å². The first-order valence-electron chi connectivity index (χ1n) is 5.26. The van der Waals surface area contributed by atoms with Crippen LogP contribution in [0.3, 0.4) is 0 Å². The minimum Gasteiger partial charge on any atom is -0.459 e. The van der Waals surface area contributed by atoms with E-state index in [-0.39, 0.29) is 6.54 Å². The van der Waals surface area contributed by atoms with E-state index >= 15 is 0 Å². The molecule has 0 aliphatic rings. The Balaban J connectivity index is 2.93. The quantitative estimate of drug-likeness (QED) is 0.457. The van der Waals surface area contributed by atoms with E-state index in [1.165, 1.54) is 12.3 Å². The first kappa shape index (κ1) is 13.9. The van der Waals surface area contributed by atoms with Crippen LogP contribution >= 0.6 is 0 Å². The van der Waals surface area contributed by atoms with E-state index in [2.05, 4.69) is 0 Å². The number of hydrogen-bond acceptors (Lipinski definition) is 5. The average molecular weight is 254 g/mol. The molecule has 0 unspecified atom stereocenters. The summed E-state index contributed by atoms with van der Waals surface area (Å²) in [4.78, 5) is 32.9. The van der Waals surface area contributed by atoms with Gasteiger partial charge in [0, 0.05) is 12.3 Å². The van der Waals surface area contributed by atoms with Crippen LogP contribution in [0.2, 0.25) is 0 Å². The molecule has 1 rings (SSSR count). The van der Waals surface area contributed by atoms with Crippen LogP contribution in [-0.4, -0.2) is 21.1 Å². The third-order valence-corrected chi connectivity index (χ3v) is 1.92. The number of ether oxygens (including phenoxy) is 1. The molecule has 0 atom stereocenters. The van der Waals surface area contributed by atoms with Gasteiger partial charge < -0.3 is 4.74 Å². The Kier molecular flexibility index (Phi) is 3.85. The molecule has 0 saturated heterocycles. The van der Waals surface area contributed by atoms with Crippen molar-refractivity contribution in [3.05, 3.63) is 38.8 Å². The lowest BCUT2D eigenvalue weighted by Gasteiger charge is -2.19. The molecular formula is C11H14N2O5. The number of nitrogens with zero attached hydrogens (tertiary/aromatic N) is 2. The van der Waals surface area contributed by atoms with E-state index in [0.717, 1.165) is 10.6 Å². The summed E-state index contributed by atoms with van der Waals surface area (Å²) in [6.45, 7) is 4.74. The average Bonchev–Trinajstić information content (AvgIpc) is 2.17. The third-order valence-electron chi connectivity index (χ3n) is 1.92. The van der Waals surface area contributed by atoms with Gasteiger partial charge in [-0.25, -0.2) is 0 Å². The van der Waals surface area contributed by atoms with Gasteiger partial charge in [-0.05, 0) is 26.8 Å². The zero-order chi connectivity index (χ0) is 13.9. The van der Waals surface area contributed by atoms with Crippen LogP contribution in [0.25, 0.3) is 0 Å². The van der Waals surface area contributed by atoms with E-state index in [9.17, 15) is 19.7 Å². The minimum absolute atomic E-state index is 0.349. The monoisotopic (exact) mass is 254 g/mol. The number of rotatable bonds is 3. The molecule has 0 radical (unpaired) electrons. The molecule has 18 heavy (non-hydrogen) atoms. The molecule has 98 valence electrons. The van der Waals surface area contributed by atoms with Gasteiger partial charge in [0.1, 0.15) is 12.1 Å². The Bertz CT molecular complexity index is 527. The molecule has 0 bridgehead atoms. The van der Waals surface area contributed by atoms with Crippen molar-refractivity contribution in [3.8, 4) is 0 Å². The molecule has 0 fully saturated rings. The molecule has 0 aromatic carbocycles. The van der Waals surface area contributed by atoms with Gasteiger partial charge in [0.05, 0.1) is 4.92 Å². The van der Waals surface area contributed by atoms with Gasteiger partial charge in [-0.15, -0.1) is 0 Å². The summed E-state index contributed by atoms with van der Waals surface area (Å²) in [6, 6.07) is 2.43. The van der Waals surface area contributed by atoms with Gasteiger partial charge in [0.15, 0.2) is 0 Å². The zero-order valence-corrected chi connectivity index (χ0v) is 10.4. The van der Waals surface area contributed by atoms with Crippen molar-refractivity contribution in [2.45, 2.75) is 32.9 Å². The molecule has 0 aliphatic carbocycles. The van der Waals surface area contributed by atoms with Gasteiger partial charge >= 0.3 is 17.2 Å². The van der Waals surface area contributed by atoms with Crippen LogP contribution in [0.1, 0.15) is 20.8 Å². The lowest BCUT2D eigenvalue weighted by atomic mass is 10.2. The van der Waals surface area contributed by atoms with Crippen LogP contribution in [0.4, 0.5) is 5.69 Å². The molecule has 0 spiro atoms. The van der Waals surface area contributed by atoms with Crippen LogP contribution < -0.4 is 5.56 Å². The van der Waals surface area contributed by atoms with Gasteiger partial charge in [0.25, 0.3) is 0 Å². The molecule has 7 nitrogen and oxygen atoms in total. The van der Waals surface area contributed by atoms with Crippen LogP contribution in [0, 0.1) is 10.1 Å². The fourth-order valence-corrected chi connectivity index (χ4v) is 1.30. The highest BCUT2D eigenvalue weighted by molar-refractivity contribution is 5.69. The van der Waals surface area contributed by atoms with Gasteiger partial charge in [-0.3, -0.25) is 24.3 Å². The maximum absolute atomic E-state index is 11.6. The lowest BCUT2D eigenvalue weighted by molar-refractivity contribution is -0.386. The summed E-state index contributed by atoms with van der Waals surface area (Å²) in [5, 5.41) is 10.6. The molecule has 0 aliphatic heterocycles. The SMILES string of the molecule is CC(C)(C)OC(=O)Cn1cccc([N+](=O)[O-])c1=O. The molecule has 7 heteroatoms. The second-order valence-corrected chi connectivity index (χ2v) is 4.67. The zero-order valence-electron chi connectivity index (χ0n) is 10.4. The summed E-state index contributed by atoms with van der Waals surface area (Å²) in [6.07, 6.45) is 1.30. The summed E-state index contributed by atoms with van der Waals surface area (Å²) in [7, 11) is 0. The van der Waals surface area contributed by atoms with Gasteiger partial charge in [0.2, 0.25) is 0 Å². The molecular weight excluding hydrogens is 240 g/mol. The van der Waals surface area contributed by atoms with Gasteiger partial charge in [-0.1, -0.05) is 0 Å². The first-order chi connectivity index (χ1) is 8.20. The Morgan fingerprint density at radius 3 is 2.61 bits per heavy atom. The predicted molar refractivity (Wildman–Crippen MR) is 63.2 cm³/mol. The molecule has 1 aromatic heterocycles. The first-order valence-corrected chi connectivity index (χ1v) is 5.26. The molecule has 1 heterocycles. The number of esters is 1. The maximum atomic E-state index is 11.6. The molecule has 0 saturated carbocycles. The van der Waals surface area contributed by atoms with E-state index in [0.29, 0.717) is 0 Å². The largest absolute Gasteiger partial charge is 0.459 e. The summed E-state index contributed by atoms with van der Waals surface area (Å²) < 4.78 is 5.98. The summed E-state index contributed by atoms with van der Waals surface area (Å²) in [5.74, 6) is -0.620. The summed E-state index contributed by atoms with van der Waals surface area (Å²) in [5.41, 5.74) is -2.06. The van der Waals surface area contributed by atoms with E-state index in [1.54, 1.807) is 20.8 Å². The number of pyridine rings is 1. The van der Waals surface area contributed by atoms with Crippen molar-refractivity contribution in [1.82, 2.24) is 4.57 Å². The van der Waals surface area contributed by atoms with Crippen molar-refractivity contribution in [3.63, 3.8) is 0 Å². The van der Waals surface area contributed by atoms with Crippen LogP contribution in [-0.2, 0) is 16.1 Å². The number of carbonyl (C=O) groups is 1. The van der Waals surface area contributed by atoms with Crippen molar-refractivity contribution in [1.29, 1.82) is 0 Å². The second kappa shape index (κ2) is 4.99. The normalized spacial score (nSPS) is 11.1. The lowest BCUT2D eigenvalue weighted by Crippen LogP contribution is -2.30. The molecule has 1 aromatic rings. The highest BCUT2D eigenvalue weighted by Crippen LogP contribution is 2.08. The Hall–Kier alpha value is -2.18. The standard InChI is InChI=1S/C11H14N2O5/c1-11(2,3)18-9(14)7-12-6-4-5-8(10(12)15)13(16)17/h4-6H,7H2,1-3H3. The van der Waals surface area contributed by atoms with Gasteiger partial charge in [-0.2, -0.15) is 0 Å². The fraction of sp³-hybridized carbons (Fsp3) is 0.455. The number of hydrogen-bond donors (Lipinski definition) is 0. The van der Waals surface area contributed by atoms with Crippen LogP contribution in [0.15, 0.2) is 23.1 Å². The van der Waals surface area contributed by atoms with E-state index in [1.807, 2.05) is 0 Å². The van der Waals surface area contributed by atoms with E-state index < -0.39 is 27.7 Å². The van der Waals surface area contributed by atoms with Crippen LogP contribution in [0.5, 0.6) is 0 Å². The Morgan fingerprint density at radius 2 is 2.11 bits per heavy atom. The van der Waals surface area contributed by atoms with Crippen molar-refractivity contribution in [2.24, 2.45) is 0 Å². The third kappa shape index (κ3) is 3.69. The predicted octanol–water partition coefficient (Wildman–Crippen LogP) is 1.10. The minimum atomic E-state index is -0.826. The van der Waals surface area contributed by atoms with Crippen molar-refractivity contribution >= 4 is 11.7 Å². The number of aromatic nitrogens is 1. The number of nitro groups is 1. The highest BCUT2D eigenvalue weighted by atomic mass is 16.6. The Labute approximate surface area is 103 Å². The Morgan fingerprint density at radius 1 is 1.50 bits per heavy atom. The fourth-order valence-electron chi connectivity index (χ4n) is 1.30. The highest BCUT2D eigenvalue weighted by Gasteiger charge is 2.19. The molecule has 0 amide bonds. The topological polar surface area (TPSA) is 91.4 Å². The smallest absolute Gasteiger partial charge is 0.334 e.